The molecule has 0 radical (unpaired) electrons. The van der Waals surface area contributed by atoms with Crippen LogP contribution in [0.25, 0.3) is 0 Å². The first kappa shape index (κ1) is 25.6. The summed E-state index contributed by atoms with van der Waals surface area (Å²) in [5.41, 5.74) is 1.31. The second-order valence-corrected chi connectivity index (χ2v) is 5.55. The fraction of sp³-hybridized carbons (Fsp3) is 0.650. The number of unbranched alkanes of at least 4 members (excludes halogenated alkanes) is 5. The quantitative estimate of drug-likeness (QED) is 0.386. The van der Waals surface area contributed by atoms with Crippen molar-refractivity contribution in [2.24, 2.45) is 0 Å². The molecular weight excluding hydrogens is 318 g/mol. The Morgan fingerprint density at radius 3 is 2.32 bits per heavy atom. The first-order valence-corrected chi connectivity index (χ1v) is 9.23. The normalized spacial score (nSPS) is 9.28. The Morgan fingerprint density at radius 2 is 1.68 bits per heavy atom. The zero-order valence-electron chi connectivity index (χ0n) is 16.2. The number of hydrogen-bond acceptors (Lipinski definition) is 4. The minimum Gasteiger partial charge on any atom is -0.494 e. The summed E-state index contributed by atoms with van der Waals surface area (Å²) in [7, 11) is 1.00. The van der Waals surface area contributed by atoms with E-state index in [0.29, 0.717) is 0 Å². The van der Waals surface area contributed by atoms with Gasteiger partial charge in [0.15, 0.2) is 0 Å². The molecule has 5 nitrogen and oxygen atoms in total. The molecule has 5 heteroatoms. The predicted octanol–water partition coefficient (Wildman–Crippen LogP) is 4.23. The SMILES string of the molecule is CCCCCCCOc1cccc(CNCCCC)c1.CO.O=CO. The second kappa shape index (κ2) is 22.4. The monoisotopic (exact) mass is 355 g/mol. The molecule has 0 aliphatic carbocycles. The van der Waals surface area contributed by atoms with E-state index in [2.05, 4.69) is 43.4 Å². The summed E-state index contributed by atoms with van der Waals surface area (Å²) in [4.78, 5) is 8.36. The zero-order chi connectivity index (χ0) is 19.2. The van der Waals surface area contributed by atoms with Gasteiger partial charge in [-0.25, -0.2) is 0 Å². The van der Waals surface area contributed by atoms with Gasteiger partial charge < -0.3 is 20.3 Å². The summed E-state index contributed by atoms with van der Waals surface area (Å²) in [5, 5.41) is 17.4. The van der Waals surface area contributed by atoms with Crippen molar-refractivity contribution in [3.63, 3.8) is 0 Å². The summed E-state index contributed by atoms with van der Waals surface area (Å²) in [5.74, 6) is 1.01. The third kappa shape index (κ3) is 18.6. The highest BCUT2D eigenvalue weighted by Gasteiger charge is 1.97. The fourth-order valence-electron chi connectivity index (χ4n) is 2.18. The molecule has 0 bridgehead atoms. The van der Waals surface area contributed by atoms with E-state index in [1.807, 2.05) is 0 Å². The lowest BCUT2D eigenvalue weighted by molar-refractivity contribution is -0.122. The van der Waals surface area contributed by atoms with Crippen molar-refractivity contribution in [3.8, 4) is 5.75 Å². The molecule has 0 spiro atoms. The highest BCUT2D eigenvalue weighted by molar-refractivity contribution is 5.32. The molecule has 0 saturated carbocycles. The average molecular weight is 356 g/mol. The van der Waals surface area contributed by atoms with Crippen LogP contribution in [0.3, 0.4) is 0 Å². The van der Waals surface area contributed by atoms with Gasteiger partial charge in [-0.1, -0.05) is 58.1 Å². The number of aliphatic hydroxyl groups is 1. The van der Waals surface area contributed by atoms with E-state index in [0.717, 1.165) is 32.6 Å². The molecule has 0 unspecified atom stereocenters. The van der Waals surface area contributed by atoms with Crippen molar-refractivity contribution in [3.05, 3.63) is 29.8 Å². The van der Waals surface area contributed by atoms with Crippen molar-refractivity contribution in [2.75, 3.05) is 20.3 Å². The lowest BCUT2D eigenvalue weighted by Crippen LogP contribution is -2.14. The maximum absolute atomic E-state index is 8.36. The Bertz CT molecular complexity index is 386. The number of hydrogen-bond donors (Lipinski definition) is 3. The van der Waals surface area contributed by atoms with Gasteiger partial charge in [0.1, 0.15) is 5.75 Å². The van der Waals surface area contributed by atoms with Crippen LogP contribution in [0.5, 0.6) is 5.75 Å². The minimum atomic E-state index is -0.250. The summed E-state index contributed by atoms with van der Waals surface area (Å²) in [6.45, 7) is 7.09. The first-order valence-electron chi connectivity index (χ1n) is 9.23. The molecule has 0 saturated heterocycles. The molecular formula is C20H37NO4. The van der Waals surface area contributed by atoms with Gasteiger partial charge in [0, 0.05) is 13.7 Å². The van der Waals surface area contributed by atoms with Crippen LogP contribution in [0, 0.1) is 0 Å². The lowest BCUT2D eigenvalue weighted by atomic mass is 10.2. The molecule has 1 aromatic carbocycles. The van der Waals surface area contributed by atoms with Crippen molar-refractivity contribution < 1.29 is 19.7 Å². The van der Waals surface area contributed by atoms with Gasteiger partial charge >= 0.3 is 0 Å². The summed E-state index contributed by atoms with van der Waals surface area (Å²) >= 11 is 0. The highest BCUT2D eigenvalue weighted by atomic mass is 16.5. The summed E-state index contributed by atoms with van der Waals surface area (Å²) in [6.07, 6.45) is 8.92. The van der Waals surface area contributed by atoms with Gasteiger partial charge in [-0.2, -0.15) is 0 Å². The highest BCUT2D eigenvalue weighted by Crippen LogP contribution is 2.14. The van der Waals surface area contributed by atoms with Crippen LogP contribution in [-0.4, -0.2) is 36.9 Å². The number of nitrogens with one attached hydrogen (secondary N) is 1. The Hall–Kier alpha value is -1.59. The van der Waals surface area contributed by atoms with E-state index in [1.54, 1.807) is 0 Å². The Balaban J connectivity index is 0. The van der Waals surface area contributed by atoms with Gasteiger partial charge in [0.25, 0.3) is 6.47 Å². The maximum atomic E-state index is 8.36. The molecule has 0 aromatic heterocycles. The van der Waals surface area contributed by atoms with Gasteiger partial charge in [-0.3, -0.25) is 4.79 Å². The van der Waals surface area contributed by atoms with Crippen LogP contribution in [0.15, 0.2) is 24.3 Å². The number of aliphatic hydroxyl groups excluding tert-OH is 1. The number of ether oxygens (including phenoxy) is 1. The minimum absolute atomic E-state index is 0.250. The van der Waals surface area contributed by atoms with Crippen LogP contribution in [0.2, 0.25) is 0 Å². The van der Waals surface area contributed by atoms with Crippen LogP contribution >= 0.6 is 0 Å². The molecule has 0 atom stereocenters. The van der Waals surface area contributed by atoms with E-state index in [9.17, 15) is 0 Å². The Morgan fingerprint density at radius 1 is 1.04 bits per heavy atom. The van der Waals surface area contributed by atoms with Crippen molar-refractivity contribution in [1.29, 1.82) is 0 Å². The molecule has 0 heterocycles. The third-order valence-electron chi connectivity index (χ3n) is 3.45. The molecule has 0 aliphatic heterocycles. The second-order valence-electron chi connectivity index (χ2n) is 5.55. The van der Waals surface area contributed by atoms with E-state index < -0.39 is 0 Å². The zero-order valence-corrected chi connectivity index (χ0v) is 16.2. The van der Waals surface area contributed by atoms with E-state index in [4.69, 9.17) is 19.7 Å². The van der Waals surface area contributed by atoms with Crippen molar-refractivity contribution in [1.82, 2.24) is 5.32 Å². The van der Waals surface area contributed by atoms with Crippen LogP contribution in [0.4, 0.5) is 0 Å². The van der Waals surface area contributed by atoms with E-state index in [-0.39, 0.29) is 6.47 Å². The Kier molecular flexibility index (Phi) is 23.0. The standard InChI is InChI=1S/C18H31NO.CH2O2.CH4O/c1-3-5-7-8-9-14-20-18-12-10-11-17(15-18)16-19-13-6-4-2;2-1-3;1-2/h10-12,15,19H,3-9,13-14,16H2,1-2H3;1H,(H,2,3);2H,1H3. The predicted molar refractivity (Wildman–Crippen MR) is 104 cm³/mol. The molecule has 0 amide bonds. The first-order chi connectivity index (χ1) is 12.3. The van der Waals surface area contributed by atoms with Gasteiger partial charge in [-0.05, 0) is 37.1 Å². The smallest absolute Gasteiger partial charge is 0.290 e. The molecule has 146 valence electrons. The molecule has 1 rings (SSSR count). The largest absolute Gasteiger partial charge is 0.494 e. The molecule has 0 fully saturated rings. The lowest BCUT2D eigenvalue weighted by Gasteiger charge is -2.09. The van der Waals surface area contributed by atoms with Crippen LogP contribution in [0.1, 0.15) is 64.4 Å². The number of carboxylic acid groups (broad SMARTS) is 1. The molecule has 25 heavy (non-hydrogen) atoms. The number of benzene rings is 1. The molecule has 1 aromatic rings. The van der Waals surface area contributed by atoms with Gasteiger partial charge in [0.05, 0.1) is 6.61 Å². The van der Waals surface area contributed by atoms with E-state index in [1.165, 1.54) is 50.5 Å². The molecule has 0 aliphatic rings. The van der Waals surface area contributed by atoms with Crippen molar-refractivity contribution in [2.45, 2.75) is 65.3 Å². The maximum Gasteiger partial charge on any atom is 0.290 e. The fourth-order valence-corrected chi connectivity index (χ4v) is 2.18. The van der Waals surface area contributed by atoms with E-state index >= 15 is 0 Å². The van der Waals surface area contributed by atoms with Crippen LogP contribution < -0.4 is 10.1 Å². The topological polar surface area (TPSA) is 78.8 Å². The third-order valence-corrected chi connectivity index (χ3v) is 3.45. The summed E-state index contributed by atoms with van der Waals surface area (Å²) in [6, 6.07) is 8.46. The Labute approximate surface area is 153 Å². The average Bonchev–Trinajstić information content (AvgIpc) is 2.64. The van der Waals surface area contributed by atoms with Crippen LogP contribution in [-0.2, 0) is 11.3 Å². The molecule has 3 N–H and O–H groups in total. The van der Waals surface area contributed by atoms with Gasteiger partial charge in [0.2, 0.25) is 0 Å². The number of rotatable bonds is 12. The summed E-state index contributed by atoms with van der Waals surface area (Å²) < 4.78 is 5.83. The van der Waals surface area contributed by atoms with Crippen molar-refractivity contribution >= 4 is 6.47 Å². The number of carbonyl (C=O) groups is 1. The van der Waals surface area contributed by atoms with Gasteiger partial charge in [-0.15, -0.1) is 0 Å².